The van der Waals surface area contributed by atoms with E-state index in [9.17, 15) is 13.2 Å². The van der Waals surface area contributed by atoms with E-state index in [-0.39, 0.29) is 12.5 Å². The molecule has 8 heteroatoms. The van der Waals surface area contributed by atoms with Crippen LogP contribution >= 0.6 is 11.6 Å². The number of hydrazone groups is 1. The van der Waals surface area contributed by atoms with Crippen LogP contribution in [0, 0.1) is 0 Å². The summed E-state index contributed by atoms with van der Waals surface area (Å²) in [6.45, 7) is 1.96. The number of benzene rings is 3. The number of sulfonamides is 1. The highest BCUT2D eigenvalue weighted by Crippen LogP contribution is 2.22. The maximum atomic E-state index is 12.4. The smallest absolute Gasteiger partial charge is 0.267 e. The van der Waals surface area contributed by atoms with E-state index in [4.69, 9.17) is 11.6 Å². The minimum atomic E-state index is -3.53. The molecule has 0 aliphatic carbocycles. The highest BCUT2D eigenvalue weighted by Gasteiger charge is 2.18. The van der Waals surface area contributed by atoms with Crippen molar-refractivity contribution in [3.05, 3.63) is 101 Å². The zero-order chi connectivity index (χ0) is 22.4. The average molecular weight is 456 g/mol. The Morgan fingerprint density at radius 1 is 0.935 bits per heavy atom. The van der Waals surface area contributed by atoms with Crippen LogP contribution in [0.5, 0.6) is 0 Å². The van der Waals surface area contributed by atoms with Gasteiger partial charge in [0, 0.05) is 10.6 Å². The maximum absolute atomic E-state index is 12.4. The molecule has 3 rings (SSSR count). The summed E-state index contributed by atoms with van der Waals surface area (Å²) < 4.78 is 25.9. The molecule has 0 saturated heterocycles. The number of nitrogens with zero attached hydrogens (tertiary/aromatic N) is 2. The quantitative estimate of drug-likeness (QED) is 0.422. The van der Waals surface area contributed by atoms with Gasteiger partial charge >= 0.3 is 0 Å². The van der Waals surface area contributed by atoms with E-state index in [1.54, 1.807) is 55.5 Å². The second-order valence-corrected chi connectivity index (χ2v) is 9.29. The maximum Gasteiger partial charge on any atom is 0.271 e. The summed E-state index contributed by atoms with van der Waals surface area (Å²) in [6, 6.07) is 22.8. The number of anilines is 1. The van der Waals surface area contributed by atoms with Crippen LogP contribution in [0.25, 0.3) is 0 Å². The Bertz CT molecular complexity index is 1180. The van der Waals surface area contributed by atoms with Crippen molar-refractivity contribution in [2.75, 3.05) is 10.6 Å². The molecule has 0 radical (unpaired) electrons. The Balaban J connectivity index is 1.75. The van der Waals surface area contributed by atoms with E-state index in [2.05, 4.69) is 10.5 Å². The van der Waals surface area contributed by atoms with Gasteiger partial charge in [0.15, 0.2) is 0 Å². The van der Waals surface area contributed by atoms with Gasteiger partial charge < -0.3 is 0 Å². The number of rotatable bonds is 7. The summed E-state index contributed by atoms with van der Waals surface area (Å²) >= 11 is 5.90. The van der Waals surface area contributed by atoms with Gasteiger partial charge in [-0.1, -0.05) is 54.1 Å². The van der Waals surface area contributed by atoms with Gasteiger partial charge in [-0.25, -0.2) is 13.8 Å². The number of carbonyl (C=O) groups excluding carboxylic acids is 1. The minimum absolute atomic E-state index is 0.155. The molecule has 160 valence electrons. The van der Waals surface area contributed by atoms with Gasteiger partial charge in [0.1, 0.15) is 0 Å². The third-order valence-electron chi connectivity index (χ3n) is 4.57. The fourth-order valence-electron chi connectivity index (χ4n) is 2.88. The van der Waals surface area contributed by atoms with Gasteiger partial charge in [-0.3, -0.25) is 9.10 Å². The van der Waals surface area contributed by atoms with Crippen molar-refractivity contribution in [3.8, 4) is 0 Å². The van der Waals surface area contributed by atoms with E-state index in [1.807, 2.05) is 30.3 Å². The van der Waals surface area contributed by atoms with Crippen LogP contribution in [0.2, 0.25) is 5.02 Å². The fraction of sp³-hybridized carbons (Fsp3) is 0.130. The average Bonchev–Trinajstić information content (AvgIpc) is 2.77. The molecule has 0 fully saturated rings. The van der Waals surface area contributed by atoms with Crippen LogP contribution in [0.3, 0.4) is 0 Å². The summed E-state index contributed by atoms with van der Waals surface area (Å²) in [5, 5.41) is 4.71. The van der Waals surface area contributed by atoms with Crippen molar-refractivity contribution >= 4 is 38.9 Å². The summed E-state index contributed by atoms with van der Waals surface area (Å²) in [7, 11) is -3.53. The van der Waals surface area contributed by atoms with Gasteiger partial charge in [-0.05, 0) is 54.4 Å². The fourth-order valence-corrected chi connectivity index (χ4v) is 3.89. The predicted molar refractivity (Wildman–Crippen MR) is 125 cm³/mol. The number of hydrogen-bond acceptors (Lipinski definition) is 4. The first-order valence-corrected chi connectivity index (χ1v) is 11.7. The first-order valence-electron chi connectivity index (χ1n) is 9.46. The lowest BCUT2D eigenvalue weighted by molar-refractivity contribution is 0.0955. The summed E-state index contributed by atoms with van der Waals surface area (Å²) in [5.41, 5.74) is 5.73. The predicted octanol–water partition coefficient (Wildman–Crippen LogP) is 4.46. The standard InChI is InChI=1S/C23H22ClN3O3S/c1-17(19-6-4-3-5-7-19)25-26-23(28)20-10-14-22(15-11-20)27(31(2,29)30)16-18-8-12-21(24)13-9-18/h3-15H,16H2,1-2H3,(H,26,28)/b25-17-. The Labute approximate surface area is 187 Å². The number of halogens is 1. The molecular weight excluding hydrogens is 434 g/mol. The third-order valence-corrected chi connectivity index (χ3v) is 5.97. The Morgan fingerprint density at radius 2 is 1.55 bits per heavy atom. The lowest BCUT2D eigenvalue weighted by Gasteiger charge is -2.22. The normalized spacial score (nSPS) is 11.8. The first-order chi connectivity index (χ1) is 14.7. The second kappa shape index (κ2) is 9.76. The van der Waals surface area contributed by atoms with Gasteiger partial charge in [0.05, 0.1) is 24.2 Å². The van der Waals surface area contributed by atoms with E-state index in [0.29, 0.717) is 22.0 Å². The molecule has 0 heterocycles. The van der Waals surface area contributed by atoms with Crippen molar-refractivity contribution < 1.29 is 13.2 Å². The van der Waals surface area contributed by atoms with Crippen molar-refractivity contribution in [1.29, 1.82) is 0 Å². The number of nitrogens with one attached hydrogen (secondary N) is 1. The molecule has 0 aliphatic heterocycles. The molecule has 0 aromatic heterocycles. The molecule has 6 nitrogen and oxygen atoms in total. The van der Waals surface area contributed by atoms with Crippen molar-refractivity contribution in [2.45, 2.75) is 13.5 Å². The summed E-state index contributed by atoms with van der Waals surface area (Å²) in [4.78, 5) is 12.4. The molecule has 3 aromatic rings. The third kappa shape index (κ3) is 6.16. The van der Waals surface area contributed by atoms with Crippen molar-refractivity contribution in [2.24, 2.45) is 5.10 Å². The highest BCUT2D eigenvalue weighted by molar-refractivity contribution is 7.92. The zero-order valence-electron chi connectivity index (χ0n) is 17.1. The first kappa shape index (κ1) is 22.5. The lowest BCUT2D eigenvalue weighted by atomic mass is 10.1. The molecule has 1 amide bonds. The Hall–Kier alpha value is -3.16. The van der Waals surface area contributed by atoms with E-state index < -0.39 is 10.0 Å². The van der Waals surface area contributed by atoms with E-state index in [1.165, 1.54) is 4.31 Å². The van der Waals surface area contributed by atoms with Gasteiger partial charge in [0.25, 0.3) is 5.91 Å². The van der Waals surface area contributed by atoms with Gasteiger partial charge in [-0.2, -0.15) is 5.10 Å². The summed E-state index contributed by atoms with van der Waals surface area (Å²) in [6.07, 6.45) is 1.14. The minimum Gasteiger partial charge on any atom is -0.267 e. The number of carbonyl (C=O) groups is 1. The molecular formula is C23H22ClN3O3S. The van der Waals surface area contributed by atoms with Crippen LogP contribution in [0.15, 0.2) is 84.0 Å². The molecule has 0 saturated carbocycles. The molecule has 31 heavy (non-hydrogen) atoms. The molecule has 0 atom stereocenters. The molecule has 0 spiro atoms. The van der Waals surface area contributed by atoms with Crippen molar-refractivity contribution in [3.63, 3.8) is 0 Å². The van der Waals surface area contributed by atoms with Crippen LogP contribution in [0.4, 0.5) is 5.69 Å². The molecule has 0 aliphatic rings. The van der Waals surface area contributed by atoms with Crippen LogP contribution < -0.4 is 9.73 Å². The topological polar surface area (TPSA) is 78.8 Å². The Morgan fingerprint density at radius 3 is 2.13 bits per heavy atom. The van der Waals surface area contributed by atoms with E-state index in [0.717, 1.165) is 17.4 Å². The number of hydrogen-bond donors (Lipinski definition) is 1. The number of amides is 1. The van der Waals surface area contributed by atoms with Crippen LogP contribution in [0.1, 0.15) is 28.4 Å². The summed E-state index contributed by atoms with van der Waals surface area (Å²) in [5.74, 6) is -0.384. The molecule has 0 bridgehead atoms. The molecule has 1 N–H and O–H groups in total. The largest absolute Gasteiger partial charge is 0.271 e. The van der Waals surface area contributed by atoms with Crippen LogP contribution in [-0.2, 0) is 16.6 Å². The van der Waals surface area contributed by atoms with E-state index >= 15 is 0 Å². The molecule has 0 unspecified atom stereocenters. The van der Waals surface area contributed by atoms with Crippen LogP contribution in [-0.4, -0.2) is 26.3 Å². The SMILES string of the molecule is C/C(=N/NC(=O)c1ccc(N(Cc2ccc(Cl)cc2)S(C)(=O)=O)cc1)c1ccccc1. The second-order valence-electron chi connectivity index (χ2n) is 6.95. The van der Waals surface area contributed by atoms with Gasteiger partial charge in [-0.15, -0.1) is 0 Å². The van der Waals surface area contributed by atoms with Crippen molar-refractivity contribution in [1.82, 2.24) is 5.43 Å². The zero-order valence-corrected chi connectivity index (χ0v) is 18.7. The van der Waals surface area contributed by atoms with Gasteiger partial charge in [0.2, 0.25) is 10.0 Å². The Kier molecular flexibility index (Phi) is 7.09. The lowest BCUT2D eigenvalue weighted by Crippen LogP contribution is -2.29. The highest BCUT2D eigenvalue weighted by atomic mass is 35.5. The molecule has 3 aromatic carbocycles. The monoisotopic (exact) mass is 455 g/mol.